The molecule has 0 aliphatic carbocycles. The molecule has 31 heavy (non-hydrogen) atoms. The summed E-state index contributed by atoms with van der Waals surface area (Å²) in [7, 11) is 0. The standard InChI is InChI=1S/C21H20F3N3O4/c1-12(11-25-18(28)10-17-19(29)27-20(30)26-17)13-5-7-14(8-6-13)15-3-2-4-16(9-15)31-21(22,23)24/h2-9,12,29H,10-11H2,1H3,(H,25,28)(H2,26,27,30). The number of ether oxygens (including phenoxy) is 1. The Bertz CT molecular complexity index is 1100. The first kappa shape index (κ1) is 22.0. The quantitative estimate of drug-likeness (QED) is 0.456. The third-order valence-corrected chi connectivity index (χ3v) is 4.61. The van der Waals surface area contributed by atoms with Crippen LogP contribution in [0.15, 0.2) is 53.3 Å². The second kappa shape index (κ2) is 8.99. The lowest BCUT2D eigenvalue weighted by Crippen LogP contribution is -2.29. The van der Waals surface area contributed by atoms with Crippen LogP contribution in [0.25, 0.3) is 11.1 Å². The second-order valence-corrected chi connectivity index (χ2v) is 6.99. The van der Waals surface area contributed by atoms with Crippen molar-refractivity contribution in [1.82, 2.24) is 15.3 Å². The van der Waals surface area contributed by atoms with E-state index < -0.39 is 12.1 Å². The first-order valence-corrected chi connectivity index (χ1v) is 9.33. The molecule has 0 bridgehead atoms. The summed E-state index contributed by atoms with van der Waals surface area (Å²) in [4.78, 5) is 27.6. The first-order chi connectivity index (χ1) is 14.6. The van der Waals surface area contributed by atoms with Gasteiger partial charge in [0.15, 0.2) is 0 Å². The highest BCUT2D eigenvalue weighted by atomic mass is 19.4. The Labute approximate surface area is 174 Å². The van der Waals surface area contributed by atoms with E-state index in [2.05, 4.69) is 20.0 Å². The van der Waals surface area contributed by atoms with Gasteiger partial charge in [0.1, 0.15) is 5.75 Å². The zero-order valence-corrected chi connectivity index (χ0v) is 16.4. The molecule has 0 saturated carbocycles. The maximum atomic E-state index is 12.4. The van der Waals surface area contributed by atoms with E-state index in [1.165, 1.54) is 18.2 Å². The highest BCUT2D eigenvalue weighted by Gasteiger charge is 2.31. The Morgan fingerprint density at radius 1 is 1.13 bits per heavy atom. The largest absolute Gasteiger partial charge is 0.573 e. The third kappa shape index (κ3) is 6.14. The molecule has 4 N–H and O–H groups in total. The van der Waals surface area contributed by atoms with Gasteiger partial charge in [0.05, 0.1) is 12.1 Å². The number of rotatable bonds is 7. The Kier molecular flexibility index (Phi) is 6.38. The van der Waals surface area contributed by atoms with E-state index >= 15 is 0 Å². The molecule has 3 rings (SSSR count). The maximum absolute atomic E-state index is 12.4. The van der Waals surface area contributed by atoms with Crippen LogP contribution in [0.3, 0.4) is 0 Å². The molecule has 2 aromatic carbocycles. The fourth-order valence-corrected chi connectivity index (χ4v) is 3.02. The number of hydrogen-bond donors (Lipinski definition) is 4. The highest BCUT2D eigenvalue weighted by molar-refractivity contribution is 5.78. The maximum Gasteiger partial charge on any atom is 0.573 e. The summed E-state index contributed by atoms with van der Waals surface area (Å²) >= 11 is 0. The summed E-state index contributed by atoms with van der Waals surface area (Å²) in [5.41, 5.74) is 1.74. The van der Waals surface area contributed by atoms with Crippen molar-refractivity contribution in [1.29, 1.82) is 0 Å². The summed E-state index contributed by atoms with van der Waals surface area (Å²) < 4.78 is 41.2. The molecule has 0 fully saturated rings. The van der Waals surface area contributed by atoms with Gasteiger partial charge in [-0.2, -0.15) is 0 Å². The number of H-pyrrole nitrogens is 2. The number of amides is 1. The van der Waals surface area contributed by atoms with E-state index in [9.17, 15) is 27.9 Å². The molecule has 3 aromatic rings. The van der Waals surface area contributed by atoms with Crippen LogP contribution >= 0.6 is 0 Å². The van der Waals surface area contributed by atoms with Gasteiger partial charge < -0.3 is 20.1 Å². The zero-order valence-electron chi connectivity index (χ0n) is 16.4. The number of nitrogens with one attached hydrogen (secondary N) is 3. The van der Waals surface area contributed by atoms with Gasteiger partial charge in [0.2, 0.25) is 11.8 Å². The highest BCUT2D eigenvalue weighted by Crippen LogP contribution is 2.29. The van der Waals surface area contributed by atoms with Gasteiger partial charge in [-0.3, -0.25) is 9.78 Å². The van der Waals surface area contributed by atoms with Crippen LogP contribution in [0, 0.1) is 0 Å². The molecule has 0 aliphatic heterocycles. The Balaban J connectivity index is 1.59. The molecule has 1 atom stereocenters. The predicted octanol–water partition coefficient (Wildman–Crippen LogP) is 3.44. The number of aromatic amines is 2. The van der Waals surface area contributed by atoms with Crippen LogP contribution in [0.2, 0.25) is 0 Å². The van der Waals surface area contributed by atoms with Crippen molar-refractivity contribution in [3.63, 3.8) is 0 Å². The van der Waals surface area contributed by atoms with Gasteiger partial charge in [0, 0.05) is 6.54 Å². The molecular weight excluding hydrogens is 415 g/mol. The number of aromatic nitrogens is 2. The van der Waals surface area contributed by atoms with Crippen molar-refractivity contribution in [2.24, 2.45) is 0 Å². The molecule has 1 amide bonds. The van der Waals surface area contributed by atoms with Crippen molar-refractivity contribution < 1.29 is 27.8 Å². The van der Waals surface area contributed by atoms with Gasteiger partial charge in [-0.05, 0) is 34.7 Å². The molecule has 7 nitrogen and oxygen atoms in total. The number of hydrogen-bond acceptors (Lipinski definition) is 4. The minimum Gasteiger partial charge on any atom is -0.493 e. The smallest absolute Gasteiger partial charge is 0.493 e. The summed E-state index contributed by atoms with van der Waals surface area (Å²) in [6, 6.07) is 12.9. The number of carbonyl (C=O) groups excluding carboxylic acids is 1. The number of benzene rings is 2. The lowest BCUT2D eigenvalue weighted by molar-refractivity contribution is -0.274. The molecular formula is C21H20F3N3O4. The van der Waals surface area contributed by atoms with Crippen LogP contribution in [-0.2, 0) is 11.2 Å². The van der Waals surface area contributed by atoms with Crippen LogP contribution in [0.1, 0.15) is 24.1 Å². The lowest BCUT2D eigenvalue weighted by Gasteiger charge is -2.14. The molecule has 0 saturated heterocycles. The topological polar surface area (TPSA) is 107 Å². The zero-order chi connectivity index (χ0) is 22.6. The normalized spacial score (nSPS) is 12.4. The van der Waals surface area contributed by atoms with Gasteiger partial charge in [-0.1, -0.05) is 43.3 Å². The van der Waals surface area contributed by atoms with Crippen LogP contribution < -0.4 is 15.7 Å². The molecule has 1 aromatic heterocycles. The Hall–Kier alpha value is -3.69. The molecule has 0 aliphatic rings. The number of carbonyl (C=O) groups is 1. The molecule has 10 heteroatoms. The van der Waals surface area contributed by atoms with E-state index in [0.29, 0.717) is 12.1 Å². The monoisotopic (exact) mass is 435 g/mol. The van der Waals surface area contributed by atoms with Crippen molar-refractivity contribution in [2.45, 2.75) is 25.6 Å². The van der Waals surface area contributed by atoms with Crippen LogP contribution in [0.5, 0.6) is 11.6 Å². The van der Waals surface area contributed by atoms with E-state index in [4.69, 9.17) is 0 Å². The lowest BCUT2D eigenvalue weighted by atomic mass is 9.97. The van der Waals surface area contributed by atoms with Crippen molar-refractivity contribution in [2.75, 3.05) is 6.54 Å². The number of aromatic hydroxyl groups is 1. The van der Waals surface area contributed by atoms with Crippen LogP contribution in [-0.4, -0.2) is 33.9 Å². The molecule has 1 unspecified atom stereocenters. The summed E-state index contributed by atoms with van der Waals surface area (Å²) in [5.74, 6) is -1.07. The molecule has 164 valence electrons. The average molecular weight is 435 g/mol. The fraction of sp³-hybridized carbons (Fsp3) is 0.238. The van der Waals surface area contributed by atoms with E-state index in [1.807, 2.05) is 19.1 Å². The van der Waals surface area contributed by atoms with E-state index in [-0.39, 0.29) is 35.6 Å². The van der Waals surface area contributed by atoms with E-state index in [1.54, 1.807) is 18.2 Å². The summed E-state index contributed by atoms with van der Waals surface area (Å²) in [6.07, 6.45) is -4.93. The number of imidazole rings is 1. The Morgan fingerprint density at radius 3 is 2.45 bits per heavy atom. The minimum absolute atomic E-state index is 0.0447. The number of halogens is 3. The third-order valence-electron chi connectivity index (χ3n) is 4.61. The van der Waals surface area contributed by atoms with Gasteiger partial charge in [0.25, 0.3) is 0 Å². The van der Waals surface area contributed by atoms with Gasteiger partial charge >= 0.3 is 12.1 Å². The van der Waals surface area contributed by atoms with Crippen LogP contribution in [0.4, 0.5) is 13.2 Å². The predicted molar refractivity (Wildman–Crippen MR) is 107 cm³/mol. The molecule has 0 radical (unpaired) electrons. The molecule has 0 spiro atoms. The van der Waals surface area contributed by atoms with Crippen molar-refractivity contribution >= 4 is 5.91 Å². The average Bonchev–Trinajstić information content (AvgIpc) is 3.02. The summed E-state index contributed by atoms with van der Waals surface area (Å²) in [5, 5.41) is 12.2. The van der Waals surface area contributed by atoms with Crippen molar-refractivity contribution in [3.8, 4) is 22.8 Å². The number of alkyl halides is 3. The van der Waals surface area contributed by atoms with Gasteiger partial charge in [-0.15, -0.1) is 13.2 Å². The van der Waals surface area contributed by atoms with Gasteiger partial charge in [-0.25, -0.2) is 4.79 Å². The SMILES string of the molecule is CC(CNC(=O)Cc1[nH]c(=O)[nH]c1O)c1ccc(-c2cccc(OC(F)(F)F)c2)cc1. The summed E-state index contributed by atoms with van der Waals surface area (Å²) in [6.45, 7) is 2.23. The molecule has 1 heterocycles. The first-order valence-electron chi connectivity index (χ1n) is 9.33. The second-order valence-electron chi connectivity index (χ2n) is 6.99. The van der Waals surface area contributed by atoms with Crippen molar-refractivity contribution in [3.05, 3.63) is 70.3 Å². The fourth-order valence-electron chi connectivity index (χ4n) is 3.02. The minimum atomic E-state index is -4.75. The Morgan fingerprint density at radius 2 is 1.84 bits per heavy atom. The van der Waals surface area contributed by atoms with E-state index in [0.717, 1.165) is 11.1 Å².